The van der Waals surface area contributed by atoms with E-state index in [2.05, 4.69) is 11.4 Å². The minimum absolute atomic E-state index is 0.143. The largest absolute Gasteiger partial charge is 0.360 e. The molecule has 2 unspecified atom stereocenters. The van der Waals surface area contributed by atoms with Gasteiger partial charge >= 0.3 is 0 Å². The summed E-state index contributed by atoms with van der Waals surface area (Å²) in [6, 6.07) is 17.5. The molecule has 1 aliphatic rings. The van der Waals surface area contributed by atoms with Gasteiger partial charge in [0, 0.05) is 12.6 Å². The van der Waals surface area contributed by atoms with Crippen molar-refractivity contribution >= 4 is 5.91 Å². The first-order valence-corrected chi connectivity index (χ1v) is 7.92. The molecule has 2 aromatic rings. The lowest BCUT2D eigenvalue weighted by molar-refractivity contribution is -0.148. The van der Waals surface area contributed by atoms with E-state index in [4.69, 9.17) is 10.5 Å². The number of nitrogens with two attached hydrogens (primary N) is 1. The van der Waals surface area contributed by atoms with Crippen molar-refractivity contribution in [3.05, 3.63) is 71.3 Å². The lowest BCUT2D eigenvalue weighted by Crippen LogP contribution is -2.48. The average Bonchev–Trinajstić information content (AvgIpc) is 2.60. The van der Waals surface area contributed by atoms with Crippen LogP contribution in [0.15, 0.2) is 54.6 Å². The van der Waals surface area contributed by atoms with Crippen LogP contribution < -0.4 is 11.1 Å². The zero-order valence-corrected chi connectivity index (χ0v) is 13.3. The SMILES string of the molecule is CC1(C(=O)NCC(N)c2ccccc2)OCCc2ccccc21. The Morgan fingerprint density at radius 1 is 1.22 bits per heavy atom. The van der Waals surface area contributed by atoms with E-state index in [0.29, 0.717) is 13.2 Å². The van der Waals surface area contributed by atoms with Crippen LogP contribution in [0.2, 0.25) is 0 Å². The fraction of sp³-hybridized carbons (Fsp3) is 0.316. The third kappa shape index (κ3) is 3.14. The van der Waals surface area contributed by atoms with Gasteiger partial charge in [-0.2, -0.15) is 0 Å². The van der Waals surface area contributed by atoms with E-state index in [1.165, 1.54) is 5.56 Å². The third-order valence-electron chi connectivity index (χ3n) is 4.44. The number of nitrogens with one attached hydrogen (secondary N) is 1. The van der Waals surface area contributed by atoms with Gasteiger partial charge in [-0.05, 0) is 30.0 Å². The highest BCUT2D eigenvalue weighted by atomic mass is 16.5. The van der Waals surface area contributed by atoms with Gasteiger partial charge in [-0.3, -0.25) is 4.79 Å². The monoisotopic (exact) mass is 310 g/mol. The van der Waals surface area contributed by atoms with E-state index in [1.807, 2.05) is 55.5 Å². The van der Waals surface area contributed by atoms with Gasteiger partial charge in [-0.25, -0.2) is 0 Å². The number of benzene rings is 2. The Labute approximate surface area is 136 Å². The van der Waals surface area contributed by atoms with E-state index in [1.54, 1.807) is 0 Å². The molecule has 1 aliphatic heterocycles. The number of hydrogen-bond donors (Lipinski definition) is 2. The second-order valence-corrected chi connectivity index (χ2v) is 6.02. The second-order valence-electron chi connectivity index (χ2n) is 6.02. The Morgan fingerprint density at radius 3 is 2.70 bits per heavy atom. The maximum atomic E-state index is 12.7. The Hall–Kier alpha value is -2.17. The molecule has 4 nitrogen and oxygen atoms in total. The van der Waals surface area contributed by atoms with Gasteiger partial charge in [0.2, 0.25) is 0 Å². The molecule has 3 rings (SSSR count). The standard InChI is InChI=1S/C19H22N2O2/c1-19(16-10-6-5-7-14(16)11-12-23-19)18(22)21-13-17(20)15-8-3-2-4-9-15/h2-10,17H,11-13,20H2,1H3,(H,21,22). The summed E-state index contributed by atoms with van der Waals surface area (Å²) in [4.78, 5) is 12.7. The molecular formula is C19H22N2O2. The molecule has 2 atom stereocenters. The maximum absolute atomic E-state index is 12.7. The third-order valence-corrected chi connectivity index (χ3v) is 4.44. The lowest BCUT2D eigenvalue weighted by atomic mass is 9.87. The zero-order valence-electron chi connectivity index (χ0n) is 13.3. The summed E-state index contributed by atoms with van der Waals surface area (Å²) in [5.74, 6) is -0.143. The molecule has 0 radical (unpaired) electrons. The highest BCUT2D eigenvalue weighted by molar-refractivity contribution is 5.87. The van der Waals surface area contributed by atoms with Crippen molar-refractivity contribution in [2.75, 3.05) is 13.2 Å². The molecule has 2 aromatic carbocycles. The molecule has 1 heterocycles. The molecule has 0 aromatic heterocycles. The molecule has 0 aliphatic carbocycles. The fourth-order valence-electron chi connectivity index (χ4n) is 3.02. The predicted octanol–water partition coefficient (Wildman–Crippen LogP) is 2.29. The van der Waals surface area contributed by atoms with Crippen LogP contribution in [0, 0.1) is 0 Å². The second kappa shape index (κ2) is 6.52. The summed E-state index contributed by atoms with van der Waals surface area (Å²) in [7, 11) is 0. The first-order chi connectivity index (χ1) is 11.1. The van der Waals surface area contributed by atoms with Crippen LogP contribution in [-0.4, -0.2) is 19.1 Å². The van der Waals surface area contributed by atoms with Crippen molar-refractivity contribution in [1.29, 1.82) is 0 Å². The van der Waals surface area contributed by atoms with Gasteiger partial charge < -0.3 is 15.8 Å². The first-order valence-electron chi connectivity index (χ1n) is 7.92. The minimum Gasteiger partial charge on any atom is -0.360 e. The van der Waals surface area contributed by atoms with Crippen LogP contribution in [0.4, 0.5) is 0 Å². The number of rotatable bonds is 4. The van der Waals surface area contributed by atoms with Crippen molar-refractivity contribution in [3.63, 3.8) is 0 Å². The van der Waals surface area contributed by atoms with E-state index >= 15 is 0 Å². The van der Waals surface area contributed by atoms with Crippen LogP contribution in [0.3, 0.4) is 0 Å². The Kier molecular flexibility index (Phi) is 4.46. The van der Waals surface area contributed by atoms with Crippen molar-refractivity contribution in [3.8, 4) is 0 Å². The molecule has 0 saturated carbocycles. The van der Waals surface area contributed by atoms with Gasteiger partial charge in [0.15, 0.2) is 5.60 Å². The molecule has 3 N–H and O–H groups in total. The van der Waals surface area contributed by atoms with Gasteiger partial charge in [0.1, 0.15) is 0 Å². The van der Waals surface area contributed by atoms with E-state index in [-0.39, 0.29) is 11.9 Å². The summed E-state index contributed by atoms with van der Waals surface area (Å²) in [6.45, 7) is 2.75. The van der Waals surface area contributed by atoms with Crippen molar-refractivity contribution < 1.29 is 9.53 Å². The molecule has 0 bridgehead atoms. The van der Waals surface area contributed by atoms with Crippen LogP contribution in [-0.2, 0) is 21.6 Å². The number of ether oxygens (including phenoxy) is 1. The molecule has 0 saturated heterocycles. The predicted molar refractivity (Wildman–Crippen MR) is 89.8 cm³/mol. The van der Waals surface area contributed by atoms with Crippen molar-refractivity contribution in [2.24, 2.45) is 5.73 Å². The Balaban J connectivity index is 1.71. The highest BCUT2D eigenvalue weighted by Crippen LogP contribution is 2.33. The number of fused-ring (bicyclic) bond motifs is 1. The molecule has 0 fully saturated rings. The molecule has 4 heteroatoms. The van der Waals surface area contributed by atoms with Crippen molar-refractivity contribution in [1.82, 2.24) is 5.32 Å². The lowest BCUT2D eigenvalue weighted by Gasteiger charge is -2.35. The van der Waals surface area contributed by atoms with Crippen LogP contribution in [0.5, 0.6) is 0 Å². The van der Waals surface area contributed by atoms with Crippen LogP contribution >= 0.6 is 0 Å². The molecular weight excluding hydrogens is 288 g/mol. The molecule has 0 spiro atoms. The number of carbonyl (C=O) groups excluding carboxylic acids is 1. The number of amides is 1. The minimum atomic E-state index is -0.953. The topological polar surface area (TPSA) is 64.4 Å². The smallest absolute Gasteiger partial charge is 0.256 e. The first kappa shape index (κ1) is 15.7. The average molecular weight is 310 g/mol. The van der Waals surface area contributed by atoms with E-state index in [0.717, 1.165) is 17.5 Å². The fourth-order valence-corrected chi connectivity index (χ4v) is 3.02. The Bertz CT molecular complexity index is 687. The van der Waals surface area contributed by atoms with Crippen LogP contribution in [0.25, 0.3) is 0 Å². The van der Waals surface area contributed by atoms with Crippen molar-refractivity contribution in [2.45, 2.75) is 25.0 Å². The van der Waals surface area contributed by atoms with Gasteiger partial charge in [0.25, 0.3) is 5.91 Å². The molecule has 1 amide bonds. The molecule has 23 heavy (non-hydrogen) atoms. The summed E-state index contributed by atoms with van der Waals surface area (Å²) in [5.41, 5.74) is 8.32. The summed E-state index contributed by atoms with van der Waals surface area (Å²) >= 11 is 0. The normalized spacial score (nSPS) is 21.3. The quantitative estimate of drug-likeness (QED) is 0.910. The summed E-state index contributed by atoms with van der Waals surface area (Å²) in [6.07, 6.45) is 0.836. The van der Waals surface area contributed by atoms with Gasteiger partial charge in [0.05, 0.1) is 6.61 Å². The molecule has 120 valence electrons. The van der Waals surface area contributed by atoms with E-state index < -0.39 is 5.60 Å². The zero-order chi connectivity index (χ0) is 16.3. The van der Waals surface area contributed by atoms with Gasteiger partial charge in [-0.1, -0.05) is 54.6 Å². The van der Waals surface area contributed by atoms with Gasteiger partial charge in [-0.15, -0.1) is 0 Å². The van der Waals surface area contributed by atoms with Crippen LogP contribution in [0.1, 0.15) is 29.7 Å². The van der Waals surface area contributed by atoms with E-state index in [9.17, 15) is 4.79 Å². The summed E-state index contributed by atoms with van der Waals surface area (Å²) in [5, 5.41) is 2.94. The summed E-state index contributed by atoms with van der Waals surface area (Å²) < 4.78 is 5.84. The Morgan fingerprint density at radius 2 is 1.91 bits per heavy atom. The maximum Gasteiger partial charge on any atom is 0.256 e. The number of hydrogen-bond acceptors (Lipinski definition) is 3. The number of carbonyl (C=O) groups is 1. The highest BCUT2D eigenvalue weighted by Gasteiger charge is 2.40.